The van der Waals surface area contributed by atoms with Gasteiger partial charge in [-0.05, 0) is 12.7 Å². The highest BCUT2D eigenvalue weighted by Crippen LogP contribution is 2.21. The lowest BCUT2D eigenvalue weighted by Gasteiger charge is -2.14. The lowest BCUT2D eigenvalue weighted by atomic mass is 10.3. The minimum Gasteiger partial charge on any atom is -0.156 e. The molecular formula is C9H20S. The Hall–Kier alpha value is 0.0900. The molecule has 0 aromatic rings. The molecule has 0 bridgehead atoms. The molecule has 0 atom stereocenters. The second-order valence-corrected chi connectivity index (χ2v) is 5.04. The summed E-state index contributed by atoms with van der Waals surface area (Å²) in [4.78, 5) is 0. The fourth-order valence-electron chi connectivity index (χ4n) is 0.433. The van der Waals surface area contributed by atoms with E-state index in [1.807, 2.05) is 18.7 Å². The predicted molar refractivity (Wildman–Crippen MR) is 53.8 cm³/mol. The third-order valence-electron chi connectivity index (χ3n) is 0.577. The molecule has 0 radical (unpaired) electrons. The van der Waals surface area contributed by atoms with Gasteiger partial charge in [0.15, 0.2) is 0 Å². The van der Waals surface area contributed by atoms with Gasteiger partial charge in [-0.1, -0.05) is 33.8 Å². The molecule has 0 saturated carbocycles. The van der Waals surface area contributed by atoms with Crippen LogP contribution in [-0.4, -0.2) is 10.5 Å². The van der Waals surface area contributed by atoms with Gasteiger partial charge in [-0.25, -0.2) is 0 Å². The van der Waals surface area contributed by atoms with Gasteiger partial charge in [-0.3, -0.25) is 0 Å². The SMILES string of the molecule is C=CC.CCSC(C)(C)C. The maximum absolute atomic E-state index is 3.36. The molecule has 0 nitrogen and oxygen atoms in total. The maximum atomic E-state index is 3.36. The Morgan fingerprint density at radius 3 is 1.70 bits per heavy atom. The van der Waals surface area contributed by atoms with Crippen LogP contribution in [0, 0.1) is 0 Å². The van der Waals surface area contributed by atoms with Crippen LogP contribution in [0.1, 0.15) is 34.6 Å². The Morgan fingerprint density at radius 2 is 1.70 bits per heavy atom. The van der Waals surface area contributed by atoms with Crippen molar-refractivity contribution in [1.29, 1.82) is 0 Å². The molecular weight excluding hydrogens is 140 g/mol. The summed E-state index contributed by atoms with van der Waals surface area (Å²) >= 11 is 1.99. The van der Waals surface area contributed by atoms with Crippen molar-refractivity contribution in [3.05, 3.63) is 12.7 Å². The molecule has 0 heterocycles. The van der Waals surface area contributed by atoms with E-state index in [2.05, 4.69) is 34.3 Å². The summed E-state index contributed by atoms with van der Waals surface area (Å²) in [6.45, 7) is 14.2. The van der Waals surface area contributed by atoms with Crippen LogP contribution in [0.15, 0.2) is 12.7 Å². The predicted octanol–water partition coefficient (Wildman–Crippen LogP) is 3.73. The van der Waals surface area contributed by atoms with Crippen LogP contribution in [0.4, 0.5) is 0 Å². The van der Waals surface area contributed by atoms with Crippen LogP contribution in [-0.2, 0) is 0 Å². The quantitative estimate of drug-likeness (QED) is 0.527. The molecule has 0 saturated heterocycles. The maximum Gasteiger partial charge on any atom is 0.00749 e. The van der Waals surface area contributed by atoms with Crippen molar-refractivity contribution in [2.24, 2.45) is 0 Å². The van der Waals surface area contributed by atoms with Crippen molar-refractivity contribution in [3.8, 4) is 0 Å². The van der Waals surface area contributed by atoms with Crippen molar-refractivity contribution < 1.29 is 0 Å². The summed E-state index contributed by atoms with van der Waals surface area (Å²) in [6.07, 6.45) is 1.75. The lowest BCUT2D eigenvalue weighted by Crippen LogP contribution is -2.06. The lowest BCUT2D eigenvalue weighted by molar-refractivity contribution is 0.803. The number of hydrogen-bond acceptors (Lipinski definition) is 1. The van der Waals surface area contributed by atoms with Crippen molar-refractivity contribution >= 4 is 11.8 Å². The number of rotatable bonds is 1. The average molecular weight is 160 g/mol. The van der Waals surface area contributed by atoms with Gasteiger partial charge in [0, 0.05) is 4.75 Å². The Bertz CT molecular complexity index is 69.3. The van der Waals surface area contributed by atoms with E-state index in [0.717, 1.165) is 0 Å². The summed E-state index contributed by atoms with van der Waals surface area (Å²) in [6, 6.07) is 0. The molecule has 0 amide bonds. The van der Waals surface area contributed by atoms with Crippen LogP contribution in [0.5, 0.6) is 0 Å². The van der Waals surface area contributed by atoms with E-state index in [-0.39, 0.29) is 0 Å². The van der Waals surface area contributed by atoms with Gasteiger partial charge in [-0.2, -0.15) is 11.8 Å². The zero-order valence-corrected chi connectivity index (χ0v) is 8.72. The molecule has 0 aliphatic carbocycles. The van der Waals surface area contributed by atoms with E-state index in [1.165, 1.54) is 5.75 Å². The van der Waals surface area contributed by atoms with E-state index in [9.17, 15) is 0 Å². The molecule has 0 aliphatic heterocycles. The number of allylic oxidation sites excluding steroid dienone is 1. The van der Waals surface area contributed by atoms with E-state index in [4.69, 9.17) is 0 Å². The fourth-order valence-corrected chi connectivity index (χ4v) is 1.30. The number of hydrogen-bond donors (Lipinski definition) is 0. The Kier molecular flexibility index (Phi) is 9.17. The second-order valence-electron chi connectivity index (χ2n) is 2.95. The van der Waals surface area contributed by atoms with Crippen LogP contribution >= 0.6 is 11.8 Å². The second kappa shape index (κ2) is 7.20. The van der Waals surface area contributed by atoms with Gasteiger partial charge in [0.05, 0.1) is 0 Å². The molecule has 0 aliphatic rings. The van der Waals surface area contributed by atoms with Crippen molar-refractivity contribution in [2.75, 3.05) is 5.75 Å². The van der Waals surface area contributed by atoms with Gasteiger partial charge in [0.25, 0.3) is 0 Å². The Balaban J connectivity index is 0. The third-order valence-corrected chi connectivity index (χ3v) is 1.73. The highest BCUT2D eigenvalue weighted by Gasteiger charge is 2.06. The number of thioether (sulfide) groups is 1. The van der Waals surface area contributed by atoms with E-state index < -0.39 is 0 Å². The minimum absolute atomic E-state index is 0.467. The smallest absolute Gasteiger partial charge is 0.00749 e. The van der Waals surface area contributed by atoms with Gasteiger partial charge in [0.2, 0.25) is 0 Å². The summed E-state index contributed by atoms with van der Waals surface area (Å²) in [5, 5.41) is 0. The van der Waals surface area contributed by atoms with E-state index >= 15 is 0 Å². The summed E-state index contributed by atoms with van der Waals surface area (Å²) in [5.74, 6) is 1.23. The zero-order chi connectivity index (χ0) is 8.62. The van der Waals surface area contributed by atoms with Crippen LogP contribution in [0.3, 0.4) is 0 Å². The zero-order valence-electron chi connectivity index (χ0n) is 7.90. The molecule has 0 spiro atoms. The fraction of sp³-hybridized carbons (Fsp3) is 0.778. The topological polar surface area (TPSA) is 0 Å². The van der Waals surface area contributed by atoms with Crippen LogP contribution in [0.25, 0.3) is 0 Å². The molecule has 0 unspecified atom stereocenters. The molecule has 0 aromatic carbocycles. The molecule has 0 aromatic heterocycles. The first-order valence-corrected chi connectivity index (χ1v) is 4.67. The third kappa shape index (κ3) is 24.3. The molecule has 0 rings (SSSR count). The summed E-state index contributed by atoms with van der Waals surface area (Å²) in [7, 11) is 0. The first kappa shape index (κ1) is 12.7. The normalized spacial score (nSPS) is 9.70. The Labute approximate surface area is 70.1 Å². The largest absolute Gasteiger partial charge is 0.156 e. The summed E-state index contributed by atoms with van der Waals surface area (Å²) in [5.41, 5.74) is 0. The van der Waals surface area contributed by atoms with Gasteiger partial charge >= 0.3 is 0 Å². The van der Waals surface area contributed by atoms with Crippen molar-refractivity contribution in [3.63, 3.8) is 0 Å². The minimum atomic E-state index is 0.467. The van der Waals surface area contributed by atoms with Gasteiger partial charge in [-0.15, -0.1) is 6.58 Å². The summed E-state index contributed by atoms with van der Waals surface area (Å²) < 4.78 is 0.467. The molecule has 0 N–H and O–H groups in total. The molecule has 10 heavy (non-hydrogen) atoms. The van der Waals surface area contributed by atoms with Gasteiger partial charge < -0.3 is 0 Å². The highest BCUT2D eigenvalue weighted by atomic mass is 32.2. The molecule has 62 valence electrons. The average Bonchev–Trinajstić information content (AvgIpc) is 1.63. The molecule has 0 fully saturated rings. The van der Waals surface area contributed by atoms with Crippen LogP contribution < -0.4 is 0 Å². The van der Waals surface area contributed by atoms with Crippen molar-refractivity contribution in [1.82, 2.24) is 0 Å². The first-order valence-electron chi connectivity index (χ1n) is 3.69. The van der Waals surface area contributed by atoms with Gasteiger partial charge in [0.1, 0.15) is 0 Å². The Morgan fingerprint density at radius 1 is 1.40 bits per heavy atom. The van der Waals surface area contributed by atoms with Crippen molar-refractivity contribution in [2.45, 2.75) is 39.4 Å². The highest BCUT2D eigenvalue weighted by molar-refractivity contribution is 8.00. The monoisotopic (exact) mass is 160 g/mol. The molecule has 1 heteroatoms. The van der Waals surface area contributed by atoms with E-state index in [1.54, 1.807) is 6.08 Å². The van der Waals surface area contributed by atoms with Crippen LogP contribution in [0.2, 0.25) is 0 Å². The first-order chi connectivity index (χ1) is 4.47. The van der Waals surface area contributed by atoms with E-state index in [0.29, 0.717) is 4.75 Å². The standard InChI is InChI=1S/C6H14S.C3H6/c1-5-7-6(2,3)4;1-3-2/h5H2,1-4H3;3H,1H2,2H3.